The molecule has 0 spiro atoms. The minimum atomic E-state index is 0.0956. The van der Waals surface area contributed by atoms with Gasteiger partial charge in [0.15, 0.2) is 0 Å². The van der Waals surface area contributed by atoms with Gasteiger partial charge in [-0.15, -0.1) is 0 Å². The Hall–Kier alpha value is -2.07. The molecule has 2 aromatic rings. The molecule has 0 aromatic heterocycles. The minimum absolute atomic E-state index is 0.0956. The molecule has 18 heavy (non-hydrogen) atoms. The third-order valence-electron chi connectivity index (χ3n) is 3.89. The van der Waals surface area contributed by atoms with Crippen molar-refractivity contribution in [3.05, 3.63) is 70.8 Å². The maximum atomic E-state index is 9.30. The van der Waals surface area contributed by atoms with Gasteiger partial charge >= 0.3 is 0 Å². The van der Waals surface area contributed by atoms with E-state index in [1.54, 1.807) is 0 Å². The van der Waals surface area contributed by atoms with Gasteiger partial charge < -0.3 is 0 Å². The van der Waals surface area contributed by atoms with Gasteiger partial charge in [-0.2, -0.15) is 5.26 Å². The van der Waals surface area contributed by atoms with Crippen molar-refractivity contribution in [2.45, 2.75) is 25.2 Å². The molecule has 0 amide bonds. The van der Waals surface area contributed by atoms with Gasteiger partial charge in [0.25, 0.3) is 0 Å². The van der Waals surface area contributed by atoms with Crippen LogP contribution < -0.4 is 0 Å². The molecular weight excluding hydrogens is 218 g/mol. The molecule has 1 saturated carbocycles. The van der Waals surface area contributed by atoms with Crippen molar-refractivity contribution in [3.63, 3.8) is 0 Å². The average Bonchev–Trinajstić information content (AvgIpc) is 3.21. The molecule has 0 unspecified atom stereocenters. The van der Waals surface area contributed by atoms with E-state index in [4.69, 9.17) is 0 Å². The molecule has 1 aliphatic carbocycles. The fraction of sp³-hybridized carbons (Fsp3) is 0.235. The van der Waals surface area contributed by atoms with Gasteiger partial charge in [-0.3, -0.25) is 0 Å². The fourth-order valence-electron chi connectivity index (χ4n) is 2.75. The normalized spacial score (nSPS) is 16.0. The number of nitrogens with zero attached hydrogens (tertiary/aromatic N) is 1. The topological polar surface area (TPSA) is 23.8 Å². The molecule has 0 atom stereocenters. The summed E-state index contributed by atoms with van der Waals surface area (Å²) in [5, 5.41) is 9.30. The predicted octanol–water partition coefficient (Wildman–Crippen LogP) is 3.95. The molecule has 2 aromatic carbocycles. The van der Waals surface area contributed by atoms with Gasteiger partial charge in [0.2, 0.25) is 0 Å². The SMILES string of the molecule is Cc1ccc(C#N)c(C2(c3ccccc3)CC2)c1. The Kier molecular flexibility index (Phi) is 2.45. The zero-order valence-corrected chi connectivity index (χ0v) is 10.5. The van der Waals surface area contributed by atoms with E-state index in [2.05, 4.69) is 43.3 Å². The third-order valence-corrected chi connectivity index (χ3v) is 3.89. The quantitative estimate of drug-likeness (QED) is 0.770. The average molecular weight is 233 g/mol. The van der Waals surface area contributed by atoms with Crippen molar-refractivity contribution >= 4 is 0 Å². The molecule has 1 nitrogen and oxygen atoms in total. The second-order valence-electron chi connectivity index (χ2n) is 5.11. The molecular formula is C17H15N. The van der Waals surface area contributed by atoms with Crippen LogP contribution in [-0.2, 0) is 5.41 Å². The molecule has 88 valence electrons. The summed E-state index contributed by atoms with van der Waals surface area (Å²) in [6, 6.07) is 19.0. The molecule has 0 aliphatic heterocycles. The lowest BCUT2D eigenvalue weighted by Crippen LogP contribution is -2.10. The highest BCUT2D eigenvalue weighted by Crippen LogP contribution is 2.54. The lowest BCUT2D eigenvalue weighted by molar-refractivity contribution is 0.841. The van der Waals surface area contributed by atoms with E-state index in [1.807, 2.05) is 18.2 Å². The summed E-state index contributed by atoms with van der Waals surface area (Å²) in [5.41, 5.74) is 4.69. The van der Waals surface area contributed by atoms with E-state index < -0.39 is 0 Å². The summed E-state index contributed by atoms with van der Waals surface area (Å²) in [5.74, 6) is 0. The van der Waals surface area contributed by atoms with Crippen molar-refractivity contribution in [2.75, 3.05) is 0 Å². The zero-order chi connectivity index (χ0) is 12.6. The van der Waals surface area contributed by atoms with Crippen LogP contribution in [0, 0.1) is 18.3 Å². The highest BCUT2D eigenvalue weighted by molar-refractivity contribution is 5.53. The van der Waals surface area contributed by atoms with Crippen molar-refractivity contribution in [3.8, 4) is 6.07 Å². The van der Waals surface area contributed by atoms with Gasteiger partial charge in [0.1, 0.15) is 0 Å². The van der Waals surface area contributed by atoms with E-state index in [1.165, 1.54) is 16.7 Å². The number of nitriles is 1. The Morgan fingerprint density at radius 3 is 2.39 bits per heavy atom. The van der Waals surface area contributed by atoms with E-state index in [0.717, 1.165) is 18.4 Å². The summed E-state index contributed by atoms with van der Waals surface area (Å²) in [6.07, 6.45) is 2.30. The number of benzene rings is 2. The van der Waals surface area contributed by atoms with Crippen molar-refractivity contribution < 1.29 is 0 Å². The highest BCUT2D eigenvalue weighted by Gasteiger charge is 2.47. The van der Waals surface area contributed by atoms with Crippen LogP contribution in [0.3, 0.4) is 0 Å². The van der Waals surface area contributed by atoms with Crippen molar-refractivity contribution in [1.29, 1.82) is 5.26 Å². The number of hydrogen-bond donors (Lipinski definition) is 0. The van der Waals surface area contributed by atoms with Gasteiger partial charge in [-0.1, -0.05) is 48.0 Å². The molecule has 3 rings (SSSR count). The van der Waals surface area contributed by atoms with Crippen LogP contribution in [0.2, 0.25) is 0 Å². The number of hydrogen-bond acceptors (Lipinski definition) is 1. The summed E-state index contributed by atoms with van der Waals surface area (Å²) in [4.78, 5) is 0. The van der Waals surface area contributed by atoms with E-state index in [9.17, 15) is 5.26 Å². The maximum Gasteiger partial charge on any atom is 0.0994 e. The van der Waals surface area contributed by atoms with Crippen molar-refractivity contribution in [2.24, 2.45) is 0 Å². The molecule has 1 aliphatic rings. The lowest BCUT2D eigenvalue weighted by atomic mass is 9.84. The van der Waals surface area contributed by atoms with Gasteiger partial charge in [0.05, 0.1) is 11.6 Å². The first kappa shape index (κ1) is 11.0. The lowest BCUT2D eigenvalue weighted by Gasteiger charge is -2.18. The zero-order valence-electron chi connectivity index (χ0n) is 10.5. The number of aryl methyl sites for hydroxylation is 1. The third kappa shape index (κ3) is 1.62. The number of rotatable bonds is 2. The monoisotopic (exact) mass is 233 g/mol. The summed E-state index contributed by atoms with van der Waals surface area (Å²) in [7, 11) is 0. The second-order valence-corrected chi connectivity index (χ2v) is 5.11. The second kappa shape index (κ2) is 3.99. The minimum Gasteiger partial charge on any atom is -0.192 e. The Labute approximate surface area is 108 Å². The smallest absolute Gasteiger partial charge is 0.0994 e. The Balaban J connectivity index is 2.16. The van der Waals surface area contributed by atoms with Crippen LogP contribution >= 0.6 is 0 Å². The molecule has 0 saturated heterocycles. The van der Waals surface area contributed by atoms with Crippen molar-refractivity contribution in [1.82, 2.24) is 0 Å². The largest absolute Gasteiger partial charge is 0.192 e. The first-order valence-corrected chi connectivity index (χ1v) is 6.33. The van der Waals surface area contributed by atoms with Gasteiger partial charge in [0, 0.05) is 5.41 Å². The first-order valence-electron chi connectivity index (χ1n) is 6.33. The summed E-state index contributed by atoms with van der Waals surface area (Å²) >= 11 is 0. The van der Waals surface area contributed by atoms with Crippen LogP contribution in [0.4, 0.5) is 0 Å². The van der Waals surface area contributed by atoms with Crippen LogP contribution in [0.5, 0.6) is 0 Å². The highest BCUT2D eigenvalue weighted by atomic mass is 14.5. The van der Waals surface area contributed by atoms with Crippen LogP contribution in [-0.4, -0.2) is 0 Å². The van der Waals surface area contributed by atoms with Crippen LogP contribution in [0.1, 0.15) is 35.1 Å². The standard InChI is InChI=1S/C17H15N/c1-13-7-8-14(12-18)16(11-13)17(9-10-17)15-5-3-2-4-6-15/h2-8,11H,9-10H2,1H3. The summed E-state index contributed by atoms with van der Waals surface area (Å²) in [6.45, 7) is 2.09. The molecule has 0 bridgehead atoms. The van der Waals surface area contributed by atoms with E-state index >= 15 is 0 Å². The Morgan fingerprint density at radius 2 is 1.78 bits per heavy atom. The molecule has 0 heterocycles. The predicted molar refractivity (Wildman–Crippen MR) is 72.4 cm³/mol. The van der Waals surface area contributed by atoms with E-state index in [0.29, 0.717) is 0 Å². The maximum absolute atomic E-state index is 9.30. The van der Waals surface area contributed by atoms with Crippen LogP contribution in [0.25, 0.3) is 0 Å². The van der Waals surface area contributed by atoms with Crippen LogP contribution in [0.15, 0.2) is 48.5 Å². The molecule has 1 heteroatoms. The Bertz CT molecular complexity index is 616. The first-order chi connectivity index (χ1) is 8.76. The molecule has 1 fully saturated rings. The van der Waals surface area contributed by atoms with Gasteiger partial charge in [-0.05, 0) is 37.0 Å². The molecule has 0 N–H and O–H groups in total. The molecule has 0 radical (unpaired) electrons. The summed E-state index contributed by atoms with van der Waals surface area (Å²) < 4.78 is 0. The van der Waals surface area contributed by atoms with Gasteiger partial charge in [-0.25, -0.2) is 0 Å². The fourth-order valence-corrected chi connectivity index (χ4v) is 2.75. The van der Waals surface area contributed by atoms with E-state index in [-0.39, 0.29) is 5.41 Å². The Morgan fingerprint density at radius 1 is 1.06 bits per heavy atom.